The fraction of sp³-hybridized carbons (Fsp3) is 0.833. The van der Waals surface area contributed by atoms with Crippen molar-refractivity contribution >= 4 is 20.3 Å². The summed E-state index contributed by atoms with van der Waals surface area (Å²) in [5.74, 6) is -0.298. The van der Waals surface area contributed by atoms with Gasteiger partial charge in [0.1, 0.15) is 5.54 Å². The van der Waals surface area contributed by atoms with Gasteiger partial charge in [-0.05, 0) is 24.6 Å². The molecule has 1 unspecified atom stereocenters. The summed E-state index contributed by atoms with van der Waals surface area (Å²) >= 11 is 0. The number of amides is 2. The van der Waals surface area contributed by atoms with Crippen molar-refractivity contribution in [3.63, 3.8) is 0 Å². The van der Waals surface area contributed by atoms with Gasteiger partial charge in [-0.15, -0.1) is 0 Å². The standard InChI is InChI=1S/C12H24N2O4Si/c1-11(2,3)19(4,5)18-8-12(14-10(16)17)6-7-13-9(12)15/h14H,6-8H2,1-5H3,(H,13,15)(H,16,17). The molecule has 0 spiro atoms. The second-order valence-corrected chi connectivity index (χ2v) is 11.4. The highest BCUT2D eigenvalue weighted by Gasteiger charge is 2.47. The highest BCUT2D eigenvalue weighted by Crippen LogP contribution is 2.37. The molecule has 1 aliphatic heterocycles. The first-order chi connectivity index (χ1) is 8.50. The lowest BCUT2D eigenvalue weighted by atomic mass is 9.99. The normalized spacial score (nSPS) is 24.2. The number of carbonyl (C=O) groups excluding carboxylic acids is 1. The van der Waals surface area contributed by atoms with Crippen molar-refractivity contribution in [2.75, 3.05) is 13.2 Å². The van der Waals surface area contributed by atoms with Gasteiger partial charge in [0.2, 0.25) is 5.91 Å². The van der Waals surface area contributed by atoms with Crippen molar-refractivity contribution in [3.8, 4) is 0 Å². The van der Waals surface area contributed by atoms with Crippen LogP contribution in [0, 0.1) is 0 Å². The van der Waals surface area contributed by atoms with Gasteiger partial charge in [0.05, 0.1) is 6.61 Å². The second kappa shape index (κ2) is 5.13. The number of carboxylic acid groups (broad SMARTS) is 1. The Morgan fingerprint density at radius 2 is 2.11 bits per heavy atom. The molecule has 0 aromatic rings. The largest absolute Gasteiger partial charge is 0.465 e. The van der Waals surface area contributed by atoms with Crippen LogP contribution in [-0.2, 0) is 9.22 Å². The fourth-order valence-corrected chi connectivity index (χ4v) is 2.73. The van der Waals surface area contributed by atoms with Crippen molar-refractivity contribution in [2.24, 2.45) is 0 Å². The molecule has 0 aliphatic carbocycles. The number of hydrogen-bond donors (Lipinski definition) is 3. The zero-order chi connectivity index (χ0) is 14.9. The van der Waals surface area contributed by atoms with Crippen LogP contribution in [0.25, 0.3) is 0 Å². The first-order valence-corrected chi connectivity index (χ1v) is 9.34. The number of carbonyl (C=O) groups is 2. The fourth-order valence-electron chi connectivity index (χ4n) is 1.69. The van der Waals surface area contributed by atoms with Gasteiger partial charge < -0.3 is 20.2 Å². The monoisotopic (exact) mass is 288 g/mol. The summed E-state index contributed by atoms with van der Waals surface area (Å²) in [6.07, 6.45) is -0.775. The highest BCUT2D eigenvalue weighted by molar-refractivity contribution is 6.74. The molecule has 1 saturated heterocycles. The summed E-state index contributed by atoms with van der Waals surface area (Å²) in [6, 6.07) is 0. The van der Waals surface area contributed by atoms with Gasteiger partial charge in [0.15, 0.2) is 8.32 Å². The minimum atomic E-state index is -2.01. The van der Waals surface area contributed by atoms with Gasteiger partial charge >= 0.3 is 6.09 Å². The maximum absolute atomic E-state index is 11.9. The first-order valence-electron chi connectivity index (χ1n) is 6.44. The molecular formula is C12H24N2O4Si. The average molecular weight is 288 g/mol. The predicted octanol–water partition coefficient (Wildman–Crippen LogP) is 1.53. The van der Waals surface area contributed by atoms with E-state index < -0.39 is 19.9 Å². The van der Waals surface area contributed by atoms with Gasteiger partial charge in [0, 0.05) is 6.54 Å². The van der Waals surface area contributed by atoms with Crippen LogP contribution < -0.4 is 10.6 Å². The molecule has 7 heteroatoms. The predicted molar refractivity (Wildman–Crippen MR) is 74.7 cm³/mol. The zero-order valence-electron chi connectivity index (χ0n) is 12.3. The molecule has 0 saturated carbocycles. The van der Waals surface area contributed by atoms with Crippen molar-refractivity contribution in [1.82, 2.24) is 10.6 Å². The minimum absolute atomic E-state index is 0.0203. The van der Waals surface area contributed by atoms with Gasteiger partial charge in [-0.3, -0.25) is 4.79 Å². The lowest BCUT2D eigenvalue weighted by Gasteiger charge is -2.39. The third-order valence-corrected chi connectivity index (χ3v) is 8.58. The molecule has 110 valence electrons. The Morgan fingerprint density at radius 1 is 1.53 bits per heavy atom. The van der Waals surface area contributed by atoms with Crippen LogP contribution in [0.15, 0.2) is 0 Å². The summed E-state index contributed by atoms with van der Waals surface area (Å²) in [6.45, 7) is 11.0. The molecule has 3 N–H and O–H groups in total. The maximum Gasteiger partial charge on any atom is 0.405 e. The quantitative estimate of drug-likeness (QED) is 0.685. The maximum atomic E-state index is 11.9. The van der Waals surface area contributed by atoms with E-state index in [1.54, 1.807) is 0 Å². The third kappa shape index (κ3) is 3.47. The van der Waals surface area contributed by atoms with Gasteiger partial charge in [-0.1, -0.05) is 20.8 Å². The first kappa shape index (κ1) is 16.0. The third-order valence-electron chi connectivity index (χ3n) is 4.10. The Balaban J connectivity index is 2.81. The second-order valence-electron chi connectivity index (χ2n) is 6.57. The number of hydrogen-bond acceptors (Lipinski definition) is 3. The van der Waals surface area contributed by atoms with Crippen LogP contribution in [-0.4, -0.2) is 44.1 Å². The summed E-state index contributed by atoms with van der Waals surface area (Å²) < 4.78 is 6.00. The molecule has 1 fully saturated rings. The Labute approximate surface area is 115 Å². The SMILES string of the molecule is CC(C)(C)[Si](C)(C)OCC1(NC(=O)O)CCNC1=O. The molecule has 1 atom stereocenters. The van der Waals surface area contributed by atoms with Crippen LogP contribution in [0.2, 0.25) is 18.1 Å². The van der Waals surface area contributed by atoms with Gasteiger partial charge in [0.25, 0.3) is 0 Å². The number of nitrogens with one attached hydrogen (secondary N) is 2. The van der Waals surface area contributed by atoms with E-state index in [0.717, 1.165) is 0 Å². The summed E-state index contributed by atoms with van der Waals surface area (Å²) in [4.78, 5) is 22.8. The van der Waals surface area contributed by atoms with Gasteiger partial charge in [-0.2, -0.15) is 0 Å². The molecule has 2 amide bonds. The molecule has 6 nitrogen and oxygen atoms in total. The smallest absolute Gasteiger partial charge is 0.405 e. The Morgan fingerprint density at radius 3 is 2.47 bits per heavy atom. The molecule has 19 heavy (non-hydrogen) atoms. The minimum Gasteiger partial charge on any atom is -0.465 e. The van der Waals surface area contributed by atoms with Crippen molar-refractivity contribution in [3.05, 3.63) is 0 Å². The van der Waals surface area contributed by atoms with Crippen molar-refractivity contribution in [1.29, 1.82) is 0 Å². The Hall–Kier alpha value is -1.08. The number of rotatable bonds is 4. The molecule has 1 aliphatic rings. The van der Waals surface area contributed by atoms with Crippen molar-refractivity contribution < 1.29 is 19.1 Å². The van der Waals surface area contributed by atoms with E-state index in [-0.39, 0.29) is 17.6 Å². The Bertz CT molecular complexity index is 378. The zero-order valence-corrected chi connectivity index (χ0v) is 13.3. The van der Waals surface area contributed by atoms with E-state index in [1.165, 1.54) is 0 Å². The van der Waals surface area contributed by atoms with Crippen LogP contribution in [0.4, 0.5) is 4.79 Å². The van der Waals surface area contributed by atoms with Crippen LogP contribution in [0.5, 0.6) is 0 Å². The Kier molecular flexibility index (Phi) is 4.31. The summed E-state index contributed by atoms with van der Waals surface area (Å²) in [5, 5.41) is 13.9. The average Bonchev–Trinajstić information content (AvgIpc) is 2.56. The lowest BCUT2D eigenvalue weighted by Crippen LogP contribution is -2.58. The molecule has 0 aromatic carbocycles. The van der Waals surface area contributed by atoms with Crippen LogP contribution >= 0.6 is 0 Å². The van der Waals surface area contributed by atoms with E-state index in [9.17, 15) is 9.59 Å². The van der Waals surface area contributed by atoms with E-state index in [0.29, 0.717) is 13.0 Å². The highest BCUT2D eigenvalue weighted by atomic mass is 28.4. The molecule has 0 aromatic heterocycles. The molecule has 1 rings (SSSR count). The molecule has 1 heterocycles. The summed E-state index contributed by atoms with van der Waals surface area (Å²) in [7, 11) is -2.01. The van der Waals surface area contributed by atoms with E-state index >= 15 is 0 Å². The van der Waals surface area contributed by atoms with E-state index in [1.807, 2.05) is 0 Å². The van der Waals surface area contributed by atoms with Crippen LogP contribution in [0.3, 0.4) is 0 Å². The van der Waals surface area contributed by atoms with E-state index in [2.05, 4.69) is 44.5 Å². The molecular weight excluding hydrogens is 264 g/mol. The van der Waals surface area contributed by atoms with Gasteiger partial charge in [-0.25, -0.2) is 4.79 Å². The van der Waals surface area contributed by atoms with Crippen molar-refractivity contribution in [2.45, 2.75) is 50.9 Å². The molecule has 0 bridgehead atoms. The van der Waals surface area contributed by atoms with E-state index in [4.69, 9.17) is 9.53 Å². The van der Waals surface area contributed by atoms with Crippen LogP contribution in [0.1, 0.15) is 27.2 Å². The topological polar surface area (TPSA) is 87.7 Å². The molecule has 0 radical (unpaired) electrons. The summed E-state index contributed by atoms with van der Waals surface area (Å²) in [5.41, 5.74) is -1.14. The lowest BCUT2D eigenvalue weighted by molar-refractivity contribution is -0.125.